The molecule has 1 amide bonds. The number of hydrogen-bond acceptors (Lipinski definition) is 3. The molecule has 2 aromatic rings. The molecule has 0 bridgehead atoms. The molecule has 0 aliphatic carbocycles. The number of amides is 1. The predicted octanol–water partition coefficient (Wildman–Crippen LogP) is 2.31. The van der Waals surface area contributed by atoms with E-state index in [0.29, 0.717) is 18.9 Å². The molecule has 3 N–H and O–H groups in total. The summed E-state index contributed by atoms with van der Waals surface area (Å²) in [6.07, 6.45) is 4.06. The summed E-state index contributed by atoms with van der Waals surface area (Å²) < 4.78 is 7.79. The Morgan fingerprint density at radius 2 is 1.88 bits per heavy atom. The van der Waals surface area contributed by atoms with E-state index in [1.54, 1.807) is 13.1 Å². The van der Waals surface area contributed by atoms with Crippen molar-refractivity contribution in [2.45, 2.75) is 13.5 Å². The molecular weight excluding hydrogens is 445 g/mol. The molecular formula is C18H26IN5O2. The second-order valence-corrected chi connectivity index (χ2v) is 5.40. The summed E-state index contributed by atoms with van der Waals surface area (Å²) in [6, 6.07) is 11.3. The van der Waals surface area contributed by atoms with Crippen LogP contribution in [0.5, 0.6) is 5.75 Å². The highest BCUT2D eigenvalue weighted by atomic mass is 127. The molecule has 26 heavy (non-hydrogen) atoms. The van der Waals surface area contributed by atoms with Crippen LogP contribution >= 0.6 is 24.0 Å². The molecule has 1 heterocycles. The highest BCUT2D eigenvalue weighted by molar-refractivity contribution is 14.0. The SMILES string of the molecule is CN=C(NCCOc1cccc(NC(C)=O)c1)NCCn1cccc1.I. The minimum absolute atomic E-state index is 0. The molecule has 0 unspecified atom stereocenters. The molecule has 0 atom stereocenters. The number of halogens is 1. The fourth-order valence-electron chi connectivity index (χ4n) is 2.25. The van der Waals surface area contributed by atoms with Crippen LogP contribution in [0.25, 0.3) is 0 Å². The number of carbonyl (C=O) groups excluding carboxylic acids is 1. The summed E-state index contributed by atoms with van der Waals surface area (Å²) in [6.45, 7) is 4.25. The third kappa shape index (κ3) is 8.24. The van der Waals surface area contributed by atoms with Crippen molar-refractivity contribution < 1.29 is 9.53 Å². The molecule has 8 heteroatoms. The van der Waals surface area contributed by atoms with Gasteiger partial charge in [0.15, 0.2) is 5.96 Å². The molecule has 1 aromatic heterocycles. The number of nitrogens with one attached hydrogen (secondary N) is 3. The highest BCUT2D eigenvalue weighted by Crippen LogP contribution is 2.16. The van der Waals surface area contributed by atoms with Crippen LogP contribution in [-0.4, -0.2) is 43.2 Å². The number of aromatic nitrogens is 1. The first-order chi connectivity index (χ1) is 12.2. The molecule has 1 aromatic carbocycles. The summed E-state index contributed by atoms with van der Waals surface area (Å²) in [4.78, 5) is 15.3. The summed E-state index contributed by atoms with van der Waals surface area (Å²) in [5, 5.41) is 9.19. The molecule has 0 radical (unpaired) electrons. The van der Waals surface area contributed by atoms with Gasteiger partial charge in [0.25, 0.3) is 0 Å². The lowest BCUT2D eigenvalue weighted by molar-refractivity contribution is -0.114. The van der Waals surface area contributed by atoms with Gasteiger partial charge in [0.05, 0.1) is 6.54 Å². The highest BCUT2D eigenvalue weighted by Gasteiger charge is 2.00. The van der Waals surface area contributed by atoms with Crippen LogP contribution in [0.4, 0.5) is 5.69 Å². The maximum atomic E-state index is 11.1. The third-order valence-corrected chi connectivity index (χ3v) is 3.37. The number of guanidine groups is 1. The van der Waals surface area contributed by atoms with Crippen LogP contribution in [0.15, 0.2) is 53.8 Å². The Bertz CT molecular complexity index is 689. The number of ether oxygens (including phenoxy) is 1. The summed E-state index contributed by atoms with van der Waals surface area (Å²) in [7, 11) is 1.74. The maximum Gasteiger partial charge on any atom is 0.221 e. The van der Waals surface area contributed by atoms with Crippen molar-refractivity contribution in [1.29, 1.82) is 0 Å². The summed E-state index contributed by atoms with van der Waals surface area (Å²) in [5.74, 6) is 1.35. The van der Waals surface area contributed by atoms with Crippen LogP contribution < -0.4 is 20.7 Å². The Kier molecular flexibility index (Phi) is 10.2. The van der Waals surface area contributed by atoms with E-state index in [1.807, 2.05) is 42.7 Å². The number of nitrogens with zero attached hydrogens (tertiary/aromatic N) is 2. The Hall–Kier alpha value is -2.23. The number of carbonyl (C=O) groups is 1. The summed E-state index contributed by atoms with van der Waals surface area (Å²) in [5.41, 5.74) is 0.723. The first-order valence-electron chi connectivity index (χ1n) is 8.23. The van der Waals surface area contributed by atoms with E-state index < -0.39 is 0 Å². The van der Waals surface area contributed by atoms with Gasteiger partial charge in [0.2, 0.25) is 5.91 Å². The van der Waals surface area contributed by atoms with Crippen molar-refractivity contribution in [3.05, 3.63) is 48.8 Å². The second kappa shape index (κ2) is 12.2. The van der Waals surface area contributed by atoms with E-state index in [1.165, 1.54) is 6.92 Å². The van der Waals surface area contributed by atoms with Crippen LogP contribution in [0, 0.1) is 0 Å². The number of benzene rings is 1. The average molecular weight is 471 g/mol. The minimum Gasteiger partial charge on any atom is -0.492 e. The van der Waals surface area contributed by atoms with Gasteiger partial charge in [-0.1, -0.05) is 6.07 Å². The molecule has 0 saturated heterocycles. The van der Waals surface area contributed by atoms with Crippen molar-refractivity contribution >= 4 is 41.5 Å². The van der Waals surface area contributed by atoms with Crippen molar-refractivity contribution in [3.8, 4) is 5.75 Å². The number of aliphatic imine (C=N–C) groups is 1. The topological polar surface area (TPSA) is 79.7 Å². The van der Waals surface area contributed by atoms with Gasteiger partial charge < -0.3 is 25.3 Å². The standard InChI is InChI=1S/C18H25N5O2.HI/c1-15(24)22-16-6-5-7-17(14-16)25-13-9-21-18(19-2)20-8-12-23-10-3-4-11-23;/h3-7,10-11,14H,8-9,12-13H2,1-2H3,(H,22,24)(H2,19,20,21);1H. The van der Waals surface area contributed by atoms with Crippen molar-refractivity contribution in [2.24, 2.45) is 4.99 Å². The molecule has 2 rings (SSSR count). The molecule has 0 saturated carbocycles. The van der Waals surface area contributed by atoms with Gasteiger partial charge in [-0.2, -0.15) is 0 Å². The molecule has 0 aliphatic heterocycles. The number of rotatable bonds is 8. The van der Waals surface area contributed by atoms with Gasteiger partial charge in [-0.25, -0.2) is 0 Å². The number of hydrogen-bond donors (Lipinski definition) is 3. The molecule has 7 nitrogen and oxygen atoms in total. The monoisotopic (exact) mass is 471 g/mol. The lowest BCUT2D eigenvalue weighted by atomic mass is 10.3. The lowest BCUT2D eigenvalue weighted by Gasteiger charge is -2.13. The zero-order chi connectivity index (χ0) is 17.9. The summed E-state index contributed by atoms with van der Waals surface area (Å²) >= 11 is 0. The van der Waals surface area contributed by atoms with E-state index >= 15 is 0 Å². The van der Waals surface area contributed by atoms with Gasteiger partial charge in [0, 0.05) is 51.2 Å². The van der Waals surface area contributed by atoms with Crippen molar-refractivity contribution in [3.63, 3.8) is 0 Å². The minimum atomic E-state index is -0.103. The zero-order valence-electron chi connectivity index (χ0n) is 15.1. The average Bonchev–Trinajstić information content (AvgIpc) is 3.10. The Morgan fingerprint density at radius 3 is 2.58 bits per heavy atom. The van der Waals surface area contributed by atoms with Crippen molar-refractivity contribution in [2.75, 3.05) is 32.1 Å². The van der Waals surface area contributed by atoms with Crippen LogP contribution in [-0.2, 0) is 11.3 Å². The Labute approximate surface area is 171 Å². The quantitative estimate of drug-likeness (QED) is 0.239. The van der Waals surface area contributed by atoms with E-state index in [9.17, 15) is 4.79 Å². The first kappa shape index (κ1) is 21.8. The number of anilines is 1. The Morgan fingerprint density at radius 1 is 1.15 bits per heavy atom. The molecule has 0 fully saturated rings. The van der Waals surface area contributed by atoms with E-state index in [4.69, 9.17) is 4.74 Å². The smallest absolute Gasteiger partial charge is 0.221 e. The second-order valence-electron chi connectivity index (χ2n) is 5.40. The zero-order valence-corrected chi connectivity index (χ0v) is 17.4. The predicted molar refractivity (Wildman–Crippen MR) is 115 cm³/mol. The third-order valence-electron chi connectivity index (χ3n) is 3.37. The van der Waals surface area contributed by atoms with Gasteiger partial charge >= 0.3 is 0 Å². The van der Waals surface area contributed by atoms with Gasteiger partial charge in [-0.15, -0.1) is 24.0 Å². The van der Waals surface area contributed by atoms with Gasteiger partial charge in [-0.3, -0.25) is 9.79 Å². The van der Waals surface area contributed by atoms with Gasteiger partial charge in [0.1, 0.15) is 12.4 Å². The first-order valence-corrected chi connectivity index (χ1v) is 8.23. The van der Waals surface area contributed by atoms with Crippen molar-refractivity contribution in [1.82, 2.24) is 15.2 Å². The van der Waals surface area contributed by atoms with Crippen LogP contribution in [0.1, 0.15) is 6.92 Å². The van der Waals surface area contributed by atoms with E-state index in [-0.39, 0.29) is 29.9 Å². The largest absolute Gasteiger partial charge is 0.492 e. The van der Waals surface area contributed by atoms with E-state index in [0.717, 1.165) is 24.7 Å². The maximum absolute atomic E-state index is 11.1. The molecule has 0 aliphatic rings. The fourth-order valence-corrected chi connectivity index (χ4v) is 2.25. The fraction of sp³-hybridized carbons (Fsp3) is 0.333. The van der Waals surface area contributed by atoms with Gasteiger partial charge in [-0.05, 0) is 24.3 Å². The van der Waals surface area contributed by atoms with Crippen LogP contribution in [0.3, 0.4) is 0 Å². The Balaban J connectivity index is 0.00000338. The van der Waals surface area contributed by atoms with Crippen LogP contribution in [0.2, 0.25) is 0 Å². The van der Waals surface area contributed by atoms with E-state index in [2.05, 4.69) is 25.5 Å². The normalized spacial score (nSPS) is 10.6. The molecule has 142 valence electrons. The molecule has 0 spiro atoms. The lowest BCUT2D eigenvalue weighted by Crippen LogP contribution is -2.40.